The van der Waals surface area contributed by atoms with Crippen LogP contribution >= 0.6 is 0 Å². The van der Waals surface area contributed by atoms with Crippen LogP contribution in [-0.2, 0) is 11.2 Å². The maximum atomic E-state index is 12.1. The molecule has 3 rings (SSSR count). The molecule has 0 aliphatic carbocycles. The molecule has 1 atom stereocenters. The van der Waals surface area contributed by atoms with Crippen LogP contribution < -0.4 is 5.32 Å². The van der Waals surface area contributed by atoms with Crippen LogP contribution in [0.15, 0.2) is 71.6 Å². The van der Waals surface area contributed by atoms with Crippen LogP contribution in [0.5, 0.6) is 0 Å². The normalized spacial score (nSPS) is 12.0. The zero-order chi connectivity index (χ0) is 15.9. The highest BCUT2D eigenvalue weighted by atomic mass is 16.3. The van der Waals surface area contributed by atoms with E-state index in [0.29, 0.717) is 13.0 Å². The molecule has 1 amide bonds. The number of aryl methyl sites for hydroxylation is 1. The predicted octanol–water partition coefficient (Wildman–Crippen LogP) is 2.81. The van der Waals surface area contributed by atoms with Gasteiger partial charge >= 0.3 is 0 Å². The number of amides is 1. The summed E-state index contributed by atoms with van der Waals surface area (Å²) in [5.74, 6) is 0.801. The van der Waals surface area contributed by atoms with Crippen LogP contribution in [0.4, 0.5) is 0 Å². The third-order valence-corrected chi connectivity index (χ3v) is 3.69. The van der Waals surface area contributed by atoms with Gasteiger partial charge in [0.2, 0.25) is 5.91 Å². The van der Waals surface area contributed by atoms with Crippen LogP contribution in [0.25, 0.3) is 0 Å². The lowest BCUT2D eigenvalue weighted by Crippen LogP contribution is -2.31. The largest absolute Gasteiger partial charge is 0.467 e. The molecule has 5 heteroatoms. The van der Waals surface area contributed by atoms with Gasteiger partial charge in [-0.05, 0) is 30.2 Å². The summed E-state index contributed by atoms with van der Waals surface area (Å²) in [4.78, 5) is 12.1. The third-order valence-electron chi connectivity index (χ3n) is 3.69. The molecular weight excluding hydrogens is 290 g/mol. The van der Waals surface area contributed by atoms with E-state index in [1.165, 1.54) is 0 Å². The summed E-state index contributed by atoms with van der Waals surface area (Å²) >= 11 is 0. The average molecular weight is 309 g/mol. The van der Waals surface area contributed by atoms with Gasteiger partial charge in [-0.2, -0.15) is 5.10 Å². The molecule has 5 nitrogen and oxygen atoms in total. The minimum absolute atomic E-state index is 0.0255. The number of rotatable bonds is 7. The van der Waals surface area contributed by atoms with Crippen LogP contribution in [0.2, 0.25) is 0 Å². The summed E-state index contributed by atoms with van der Waals surface area (Å²) in [6.07, 6.45) is 6.41. The Bertz CT molecular complexity index is 672. The number of hydrogen-bond acceptors (Lipinski definition) is 3. The van der Waals surface area contributed by atoms with Gasteiger partial charge in [0.15, 0.2) is 0 Å². The second-order valence-corrected chi connectivity index (χ2v) is 5.31. The molecule has 0 saturated carbocycles. The smallest absolute Gasteiger partial charge is 0.220 e. The molecular formula is C18H19N3O2. The fourth-order valence-electron chi connectivity index (χ4n) is 2.47. The first-order valence-electron chi connectivity index (χ1n) is 7.66. The fourth-order valence-corrected chi connectivity index (χ4v) is 2.47. The average Bonchev–Trinajstić information content (AvgIpc) is 3.28. The van der Waals surface area contributed by atoms with Crippen molar-refractivity contribution in [3.63, 3.8) is 0 Å². The summed E-state index contributed by atoms with van der Waals surface area (Å²) in [5.41, 5.74) is 1.16. The van der Waals surface area contributed by atoms with Crippen LogP contribution in [0.3, 0.4) is 0 Å². The Kier molecular flexibility index (Phi) is 4.88. The Morgan fingerprint density at radius 1 is 1.17 bits per heavy atom. The highest BCUT2D eigenvalue weighted by Crippen LogP contribution is 2.17. The minimum Gasteiger partial charge on any atom is -0.467 e. The molecule has 2 aromatic heterocycles. The number of hydrogen-bond donors (Lipinski definition) is 1. The minimum atomic E-state index is -0.138. The quantitative estimate of drug-likeness (QED) is 0.730. The van der Waals surface area contributed by atoms with Crippen LogP contribution in [0.1, 0.15) is 23.8 Å². The number of carbonyl (C=O) groups excluding carboxylic acids is 1. The van der Waals surface area contributed by atoms with E-state index in [1.54, 1.807) is 17.1 Å². The van der Waals surface area contributed by atoms with Crippen molar-refractivity contribution >= 4 is 5.91 Å². The van der Waals surface area contributed by atoms with Crippen molar-refractivity contribution < 1.29 is 9.21 Å². The summed E-state index contributed by atoms with van der Waals surface area (Å²) in [6.45, 7) is 0.447. The molecule has 1 N–H and O–H groups in total. The van der Waals surface area contributed by atoms with Crippen molar-refractivity contribution in [2.75, 3.05) is 6.54 Å². The Morgan fingerprint density at radius 3 is 2.74 bits per heavy atom. The van der Waals surface area contributed by atoms with Crippen molar-refractivity contribution in [1.29, 1.82) is 0 Å². The number of nitrogens with zero attached hydrogens (tertiary/aromatic N) is 2. The maximum absolute atomic E-state index is 12.1. The van der Waals surface area contributed by atoms with Gasteiger partial charge in [-0.25, -0.2) is 0 Å². The van der Waals surface area contributed by atoms with E-state index < -0.39 is 0 Å². The first-order valence-corrected chi connectivity index (χ1v) is 7.66. The lowest BCUT2D eigenvalue weighted by molar-refractivity contribution is -0.121. The van der Waals surface area contributed by atoms with E-state index in [9.17, 15) is 4.79 Å². The summed E-state index contributed by atoms with van der Waals surface area (Å²) in [6, 6.07) is 15.4. The van der Waals surface area contributed by atoms with Gasteiger partial charge in [0.25, 0.3) is 0 Å². The highest BCUT2D eigenvalue weighted by molar-refractivity contribution is 5.76. The predicted molar refractivity (Wildman–Crippen MR) is 86.8 cm³/mol. The molecule has 0 aliphatic heterocycles. The third kappa shape index (κ3) is 4.10. The van der Waals surface area contributed by atoms with Gasteiger partial charge in [-0.3, -0.25) is 9.48 Å². The van der Waals surface area contributed by atoms with E-state index in [4.69, 9.17) is 4.42 Å². The first kappa shape index (κ1) is 15.1. The van der Waals surface area contributed by atoms with Crippen molar-refractivity contribution in [3.05, 3.63) is 78.5 Å². The van der Waals surface area contributed by atoms with E-state index in [2.05, 4.69) is 10.4 Å². The first-order chi connectivity index (χ1) is 11.3. The SMILES string of the molecule is O=C(CCc1ccccc1)NCC(c1ccco1)n1cccn1. The van der Waals surface area contributed by atoms with Gasteiger partial charge in [0.1, 0.15) is 11.8 Å². The second kappa shape index (κ2) is 7.45. The summed E-state index contributed by atoms with van der Waals surface area (Å²) in [5, 5.41) is 7.22. The molecule has 0 radical (unpaired) electrons. The van der Waals surface area contributed by atoms with E-state index in [-0.39, 0.29) is 11.9 Å². The molecule has 118 valence electrons. The number of benzene rings is 1. The number of nitrogens with one attached hydrogen (secondary N) is 1. The Morgan fingerprint density at radius 2 is 2.04 bits per heavy atom. The van der Waals surface area contributed by atoms with Crippen molar-refractivity contribution in [2.24, 2.45) is 0 Å². The van der Waals surface area contributed by atoms with E-state index >= 15 is 0 Å². The second-order valence-electron chi connectivity index (χ2n) is 5.31. The lowest BCUT2D eigenvalue weighted by Gasteiger charge is -2.16. The monoisotopic (exact) mass is 309 g/mol. The number of aromatic nitrogens is 2. The lowest BCUT2D eigenvalue weighted by atomic mass is 10.1. The molecule has 0 spiro atoms. The summed E-state index contributed by atoms with van der Waals surface area (Å²) < 4.78 is 7.26. The Hall–Kier alpha value is -2.82. The van der Waals surface area contributed by atoms with Crippen LogP contribution in [0, 0.1) is 0 Å². The zero-order valence-corrected chi connectivity index (χ0v) is 12.8. The molecule has 0 bridgehead atoms. The highest BCUT2D eigenvalue weighted by Gasteiger charge is 2.17. The molecule has 1 aromatic carbocycles. The standard InChI is InChI=1S/C18H19N3O2/c22-18(10-9-15-6-2-1-3-7-15)19-14-16(17-8-4-13-23-17)21-12-5-11-20-21/h1-8,11-13,16H,9-10,14H2,(H,19,22). The number of carbonyl (C=O) groups is 1. The van der Waals surface area contributed by atoms with E-state index in [1.807, 2.05) is 54.7 Å². The molecule has 0 saturated heterocycles. The molecule has 0 fully saturated rings. The van der Waals surface area contributed by atoms with Crippen molar-refractivity contribution in [3.8, 4) is 0 Å². The fraction of sp³-hybridized carbons (Fsp3) is 0.222. The Labute approximate surface area is 134 Å². The molecule has 0 aliphatic rings. The van der Waals surface area contributed by atoms with Crippen molar-refractivity contribution in [1.82, 2.24) is 15.1 Å². The van der Waals surface area contributed by atoms with E-state index in [0.717, 1.165) is 17.7 Å². The molecule has 1 unspecified atom stereocenters. The van der Waals surface area contributed by atoms with Gasteiger partial charge in [-0.1, -0.05) is 30.3 Å². The van der Waals surface area contributed by atoms with Gasteiger partial charge in [-0.15, -0.1) is 0 Å². The maximum Gasteiger partial charge on any atom is 0.220 e. The number of furan rings is 1. The van der Waals surface area contributed by atoms with Gasteiger partial charge in [0, 0.05) is 25.4 Å². The van der Waals surface area contributed by atoms with Crippen LogP contribution in [-0.4, -0.2) is 22.2 Å². The molecule has 2 heterocycles. The van der Waals surface area contributed by atoms with Gasteiger partial charge < -0.3 is 9.73 Å². The molecule has 23 heavy (non-hydrogen) atoms. The zero-order valence-electron chi connectivity index (χ0n) is 12.8. The molecule has 3 aromatic rings. The van der Waals surface area contributed by atoms with Crippen molar-refractivity contribution in [2.45, 2.75) is 18.9 Å². The topological polar surface area (TPSA) is 60.1 Å². The summed E-state index contributed by atoms with van der Waals surface area (Å²) in [7, 11) is 0. The Balaban J connectivity index is 1.55. The van der Waals surface area contributed by atoms with Gasteiger partial charge in [0.05, 0.1) is 6.26 Å².